The van der Waals surface area contributed by atoms with E-state index in [1.54, 1.807) is 0 Å². The number of aliphatic hydroxyl groups excluding tert-OH is 1. The van der Waals surface area contributed by atoms with Crippen LogP contribution in [0.25, 0.3) is 0 Å². The maximum Gasteiger partial charge on any atom is 0.418 e. The Bertz CT molecular complexity index is 438. The number of fused-ring (bicyclic) bond motifs is 1. The minimum absolute atomic E-state index is 0.144. The van der Waals surface area contributed by atoms with E-state index in [0.717, 1.165) is 0 Å². The number of hydrogen-bond donors (Lipinski definition) is 1. The van der Waals surface area contributed by atoms with Gasteiger partial charge in [-0.2, -0.15) is 13.2 Å². The lowest BCUT2D eigenvalue weighted by Gasteiger charge is -2.19. The van der Waals surface area contributed by atoms with Gasteiger partial charge in [-0.1, -0.05) is 19.9 Å². The molecule has 0 bridgehead atoms. The molecule has 17 heavy (non-hydrogen) atoms. The highest BCUT2D eigenvalue weighted by atomic mass is 19.4. The predicted molar refractivity (Wildman–Crippen MR) is 56.0 cm³/mol. The van der Waals surface area contributed by atoms with Gasteiger partial charge in [-0.05, 0) is 17.7 Å². The van der Waals surface area contributed by atoms with Crippen LogP contribution in [0.4, 0.5) is 13.2 Å². The fraction of sp³-hybridized carbons (Fsp3) is 0.500. The van der Waals surface area contributed by atoms with E-state index in [4.69, 9.17) is 4.74 Å². The van der Waals surface area contributed by atoms with Crippen molar-refractivity contribution in [3.63, 3.8) is 0 Å². The first kappa shape index (κ1) is 12.2. The van der Waals surface area contributed by atoms with Crippen molar-refractivity contribution < 1.29 is 23.0 Å². The number of rotatable bonds is 1. The molecule has 1 aliphatic rings. The third-order valence-electron chi connectivity index (χ3n) is 2.95. The van der Waals surface area contributed by atoms with Crippen LogP contribution in [0.1, 0.15) is 31.1 Å². The normalized spacial score (nSPS) is 19.6. The van der Waals surface area contributed by atoms with Crippen molar-refractivity contribution in [3.05, 3.63) is 29.3 Å². The topological polar surface area (TPSA) is 29.5 Å². The molecule has 1 aromatic carbocycles. The lowest BCUT2D eigenvalue weighted by atomic mass is 9.85. The van der Waals surface area contributed by atoms with Gasteiger partial charge in [0, 0.05) is 11.0 Å². The van der Waals surface area contributed by atoms with E-state index in [2.05, 4.69) is 0 Å². The summed E-state index contributed by atoms with van der Waals surface area (Å²) in [4.78, 5) is 0. The summed E-state index contributed by atoms with van der Waals surface area (Å²) in [5.74, 6) is 0.591. The number of aliphatic hydroxyl groups is 1. The van der Waals surface area contributed by atoms with Crippen LogP contribution in [0, 0.1) is 0 Å². The van der Waals surface area contributed by atoms with Crippen LogP contribution in [0.2, 0.25) is 0 Å². The van der Waals surface area contributed by atoms with Crippen LogP contribution in [-0.2, 0) is 5.41 Å². The first-order valence-electron chi connectivity index (χ1n) is 5.24. The third-order valence-corrected chi connectivity index (χ3v) is 2.95. The summed E-state index contributed by atoms with van der Waals surface area (Å²) in [5.41, 5.74) is 0.240. The molecule has 1 N–H and O–H groups in total. The van der Waals surface area contributed by atoms with E-state index in [9.17, 15) is 18.3 Å². The van der Waals surface area contributed by atoms with Crippen LogP contribution in [0.5, 0.6) is 5.75 Å². The quantitative estimate of drug-likeness (QED) is 0.825. The molecule has 0 fully saturated rings. The Labute approximate surface area is 97.0 Å². The number of ether oxygens (including phenoxy) is 1. The lowest BCUT2D eigenvalue weighted by molar-refractivity contribution is -0.206. The second kappa shape index (κ2) is 3.63. The Morgan fingerprint density at radius 1 is 1.35 bits per heavy atom. The van der Waals surface area contributed by atoms with Gasteiger partial charge >= 0.3 is 6.18 Å². The Kier molecular flexibility index (Phi) is 2.61. The molecule has 1 unspecified atom stereocenters. The van der Waals surface area contributed by atoms with Gasteiger partial charge in [0.2, 0.25) is 0 Å². The van der Waals surface area contributed by atoms with Crippen molar-refractivity contribution in [2.75, 3.05) is 6.61 Å². The first-order valence-corrected chi connectivity index (χ1v) is 5.24. The van der Waals surface area contributed by atoms with Crippen LogP contribution in [0.3, 0.4) is 0 Å². The molecule has 1 aromatic rings. The number of alkyl halides is 3. The Balaban J connectivity index is 2.41. The van der Waals surface area contributed by atoms with E-state index in [1.165, 1.54) is 18.2 Å². The smallest absolute Gasteiger partial charge is 0.418 e. The molecule has 2 rings (SSSR count). The second-order valence-corrected chi connectivity index (χ2v) is 4.87. The van der Waals surface area contributed by atoms with Crippen molar-refractivity contribution in [2.45, 2.75) is 31.5 Å². The first-order chi connectivity index (χ1) is 7.72. The average molecular weight is 246 g/mol. The van der Waals surface area contributed by atoms with Crippen LogP contribution >= 0.6 is 0 Å². The Morgan fingerprint density at radius 2 is 2.00 bits per heavy atom. The van der Waals surface area contributed by atoms with Crippen molar-refractivity contribution >= 4 is 0 Å². The second-order valence-electron chi connectivity index (χ2n) is 4.87. The van der Waals surface area contributed by atoms with Crippen LogP contribution in [-0.4, -0.2) is 17.9 Å². The molecule has 94 valence electrons. The summed E-state index contributed by atoms with van der Waals surface area (Å²) >= 11 is 0. The van der Waals surface area contributed by atoms with Crippen molar-refractivity contribution in [1.29, 1.82) is 0 Å². The summed E-state index contributed by atoms with van der Waals surface area (Å²) in [7, 11) is 0. The van der Waals surface area contributed by atoms with Gasteiger partial charge < -0.3 is 9.84 Å². The molecule has 2 nitrogen and oxygen atoms in total. The Morgan fingerprint density at radius 3 is 2.59 bits per heavy atom. The summed E-state index contributed by atoms with van der Waals surface area (Å²) in [6.45, 7) is 4.22. The van der Waals surface area contributed by atoms with Gasteiger partial charge in [-0.15, -0.1) is 0 Å². The molecule has 1 aliphatic heterocycles. The molecule has 0 radical (unpaired) electrons. The fourth-order valence-corrected chi connectivity index (χ4v) is 1.90. The molecule has 0 aliphatic carbocycles. The Hall–Kier alpha value is -1.23. The molecule has 1 atom stereocenters. The number of hydrogen-bond acceptors (Lipinski definition) is 2. The molecule has 0 spiro atoms. The molecule has 0 amide bonds. The zero-order valence-corrected chi connectivity index (χ0v) is 9.51. The molecular weight excluding hydrogens is 233 g/mol. The van der Waals surface area contributed by atoms with Crippen LogP contribution in [0.15, 0.2) is 18.2 Å². The highest BCUT2D eigenvalue weighted by Gasteiger charge is 2.41. The standard InChI is InChI=1S/C12H13F3O2/c1-11(2)6-17-9-4-3-7(5-8(9)11)10(16)12(13,14)15/h3-5,10,16H,6H2,1-2H3. The van der Waals surface area contributed by atoms with E-state index in [0.29, 0.717) is 17.9 Å². The van der Waals surface area contributed by atoms with Gasteiger partial charge in [0.25, 0.3) is 0 Å². The van der Waals surface area contributed by atoms with Gasteiger partial charge in [0.1, 0.15) is 5.75 Å². The van der Waals surface area contributed by atoms with Gasteiger partial charge in [0.05, 0.1) is 6.61 Å². The van der Waals surface area contributed by atoms with Gasteiger partial charge in [-0.25, -0.2) is 0 Å². The minimum atomic E-state index is -4.64. The van der Waals surface area contributed by atoms with E-state index in [-0.39, 0.29) is 11.0 Å². The van der Waals surface area contributed by atoms with Crippen molar-refractivity contribution in [1.82, 2.24) is 0 Å². The largest absolute Gasteiger partial charge is 0.492 e. The fourth-order valence-electron chi connectivity index (χ4n) is 1.90. The van der Waals surface area contributed by atoms with Gasteiger partial charge in [-0.3, -0.25) is 0 Å². The summed E-state index contributed by atoms with van der Waals surface area (Å²) in [6.07, 6.45) is -7.08. The molecule has 1 heterocycles. The molecule has 0 aromatic heterocycles. The van der Waals surface area contributed by atoms with E-state index >= 15 is 0 Å². The SMILES string of the molecule is CC1(C)COc2ccc(C(O)C(F)(F)F)cc21. The zero-order chi connectivity index (χ0) is 12.8. The summed E-state index contributed by atoms with van der Waals surface area (Å²) in [6, 6.07) is 4.10. The molecule has 0 saturated carbocycles. The van der Waals surface area contributed by atoms with Crippen molar-refractivity contribution in [3.8, 4) is 5.75 Å². The number of halogens is 3. The monoisotopic (exact) mass is 246 g/mol. The molecule has 0 saturated heterocycles. The average Bonchev–Trinajstić information content (AvgIpc) is 2.52. The zero-order valence-electron chi connectivity index (χ0n) is 9.51. The molecule has 5 heteroatoms. The number of benzene rings is 1. The predicted octanol–water partition coefficient (Wildman–Crippen LogP) is 2.95. The van der Waals surface area contributed by atoms with Crippen LogP contribution < -0.4 is 4.74 Å². The van der Waals surface area contributed by atoms with Crippen molar-refractivity contribution in [2.24, 2.45) is 0 Å². The highest BCUT2D eigenvalue weighted by molar-refractivity contribution is 5.45. The lowest BCUT2D eigenvalue weighted by Crippen LogP contribution is -2.21. The molecular formula is C12H13F3O2. The van der Waals surface area contributed by atoms with Gasteiger partial charge in [0.15, 0.2) is 6.10 Å². The maximum absolute atomic E-state index is 12.4. The minimum Gasteiger partial charge on any atom is -0.492 e. The summed E-state index contributed by atoms with van der Waals surface area (Å²) in [5, 5.41) is 9.19. The maximum atomic E-state index is 12.4. The highest BCUT2D eigenvalue weighted by Crippen LogP contribution is 2.41. The third kappa shape index (κ3) is 2.11. The van der Waals surface area contributed by atoms with E-state index < -0.39 is 12.3 Å². The summed E-state index contributed by atoms with van der Waals surface area (Å²) < 4.78 is 42.6. The van der Waals surface area contributed by atoms with E-state index in [1.807, 2.05) is 13.8 Å².